The number of carbonyl (C=O) groups is 1. The van der Waals surface area contributed by atoms with E-state index < -0.39 is 0 Å². The van der Waals surface area contributed by atoms with Gasteiger partial charge < -0.3 is 4.90 Å². The molecule has 2 aromatic carbocycles. The average molecular weight is 483 g/mol. The largest absolute Gasteiger partial charge is 0.337 e. The van der Waals surface area contributed by atoms with Crippen molar-refractivity contribution < 1.29 is 4.79 Å². The van der Waals surface area contributed by atoms with Gasteiger partial charge in [-0.2, -0.15) is 10.1 Å². The van der Waals surface area contributed by atoms with E-state index in [0.717, 1.165) is 15.6 Å². The molecule has 1 aromatic heterocycles. The summed E-state index contributed by atoms with van der Waals surface area (Å²) in [6.07, 6.45) is 0. The molecule has 32 heavy (non-hydrogen) atoms. The molecule has 6 nitrogen and oxygen atoms in total. The zero-order valence-electron chi connectivity index (χ0n) is 17.6. The molecule has 0 atom stereocenters. The van der Waals surface area contributed by atoms with Crippen LogP contribution in [0.4, 0.5) is 11.4 Å². The molecule has 3 heterocycles. The van der Waals surface area contributed by atoms with Gasteiger partial charge in [-0.15, -0.1) is 11.3 Å². The van der Waals surface area contributed by atoms with Crippen molar-refractivity contribution >= 4 is 68.3 Å². The summed E-state index contributed by atoms with van der Waals surface area (Å²) >= 11 is 9.06. The predicted molar refractivity (Wildman–Crippen MR) is 133 cm³/mol. The summed E-state index contributed by atoms with van der Waals surface area (Å²) in [5.41, 5.74) is 2.62. The number of amides is 1. The summed E-state index contributed by atoms with van der Waals surface area (Å²) in [6, 6.07) is 15.0. The smallest absolute Gasteiger partial charge is 0.283 e. The standard InChI is InChI=1S/C23H19ClN4O2S2/c1-4-27-21(30)19(23-26(3)16-12-14(24)10-11-17(16)31-23)32-22(27)18-13(2)25-28(20(18)29)15-8-6-5-7-9-15/h5-12H,4H2,1-3H3/b22-18+,23-19-. The molecule has 9 heteroatoms. The molecular weight excluding hydrogens is 464 g/mol. The second kappa shape index (κ2) is 7.95. The Hall–Kier alpha value is -2.81. The number of hydrazone groups is 1. The van der Waals surface area contributed by atoms with E-state index in [-0.39, 0.29) is 11.5 Å². The van der Waals surface area contributed by atoms with Crippen molar-refractivity contribution in [3.63, 3.8) is 0 Å². The van der Waals surface area contributed by atoms with Gasteiger partial charge in [0.05, 0.1) is 22.7 Å². The van der Waals surface area contributed by atoms with Crippen molar-refractivity contribution in [1.82, 2.24) is 4.57 Å². The zero-order valence-corrected chi connectivity index (χ0v) is 20.0. The summed E-state index contributed by atoms with van der Waals surface area (Å²) in [7, 11) is 1.93. The van der Waals surface area contributed by atoms with E-state index in [1.165, 1.54) is 16.3 Å². The van der Waals surface area contributed by atoms with Crippen LogP contribution in [0.25, 0.3) is 10.6 Å². The fourth-order valence-electron chi connectivity index (χ4n) is 3.83. The molecule has 0 N–H and O–H groups in total. The Morgan fingerprint density at radius 3 is 2.56 bits per heavy atom. The molecule has 2 aliphatic rings. The topological polar surface area (TPSA) is 57.9 Å². The molecule has 162 valence electrons. The van der Waals surface area contributed by atoms with Gasteiger partial charge in [0.15, 0.2) is 0 Å². The number of thioether (sulfide) groups is 1. The fourth-order valence-corrected chi connectivity index (χ4v) is 6.59. The molecule has 0 spiro atoms. The van der Waals surface area contributed by atoms with Gasteiger partial charge in [-0.25, -0.2) is 0 Å². The maximum absolute atomic E-state index is 13.4. The quantitative estimate of drug-likeness (QED) is 0.561. The van der Waals surface area contributed by atoms with Gasteiger partial charge in [0.1, 0.15) is 14.2 Å². The minimum absolute atomic E-state index is 0.105. The predicted octanol–water partition coefficient (Wildman–Crippen LogP) is 3.46. The second-order valence-electron chi connectivity index (χ2n) is 7.38. The first-order chi connectivity index (χ1) is 15.4. The van der Waals surface area contributed by atoms with E-state index in [1.54, 1.807) is 16.3 Å². The van der Waals surface area contributed by atoms with Crippen LogP contribution in [0.3, 0.4) is 0 Å². The fraction of sp³-hybridized carbons (Fsp3) is 0.174. The lowest BCUT2D eigenvalue weighted by Gasteiger charge is -2.12. The normalized spacial score (nSPS) is 19.0. The Labute approximate surface area is 197 Å². The Morgan fingerprint density at radius 2 is 1.84 bits per heavy atom. The number of nitrogens with zero attached hydrogens (tertiary/aromatic N) is 4. The van der Waals surface area contributed by atoms with E-state index in [2.05, 4.69) is 5.10 Å². The van der Waals surface area contributed by atoms with Gasteiger partial charge >= 0.3 is 0 Å². The minimum atomic E-state index is -0.226. The van der Waals surface area contributed by atoms with Crippen LogP contribution in [0.15, 0.2) is 63.3 Å². The van der Waals surface area contributed by atoms with Crippen LogP contribution in [0.1, 0.15) is 13.8 Å². The molecule has 0 aliphatic carbocycles. The van der Waals surface area contributed by atoms with Crippen LogP contribution in [-0.4, -0.2) is 23.2 Å². The molecule has 0 unspecified atom stereocenters. The number of anilines is 2. The van der Waals surface area contributed by atoms with Gasteiger partial charge in [0.25, 0.3) is 11.5 Å². The minimum Gasteiger partial charge on any atom is -0.337 e. The molecule has 3 aromatic rings. The first-order valence-electron chi connectivity index (χ1n) is 10.0. The van der Waals surface area contributed by atoms with Crippen LogP contribution in [0, 0.1) is 0 Å². The van der Waals surface area contributed by atoms with Crippen LogP contribution < -0.4 is 24.7 Å². The van der Waals surface area contributed by atoms with Crippen LogP contribution in [-0.2, 0) is 11.3 Å². The highest BCUT2D eigenvalue weighted by Gasteiger charge is 2.32. The number of benzene rings is 2. The molecule has 0 saturated carbocycles. The molecule has 0 radical (unpaired) electrons. The number of halogens is 1. The lowest BCUT2D eigenvalue weighted by Crippen LogP contribution is -2.35. The Morgan fingerprint density at radius 1 is 1.09 bits per heavy atom. The Balaban J connectivity index is 1.72. The summed E-state index contributed by atoms with van der Waals surface area (Å²) < 4.78 is 2.90. The van der Waals surface area contributed by atoms with E-state index in [9.17, 15) is 9.59 Å². The first-order valence-corrected chi connectivity index (χ1v) is 12.1. The van der Waals surface area contributed by atoms with Gasteiger partial charge in [-0.05, 0) is 44.2 Å². The summed E-state index contributed by atoms with van der Waals surface area (Å²) in [6.45, 7) is 4.18. The highest BCUT2D eigenvalue weighted by atomic mass is 35.5. The number of fused-ring (bicyclic) bond motifs is 1. The van der Waals surface area contributed by atoms with Crippen molar-refractivity contribution in [2.75, 3.05) is 17.0 Å². The van der Waals surface area contributed by atoms with Gasteiger partial charge in [0, 0.05) is 23.5 Å². The zero-order chi connectivity index (χ0) is 22.6. The number of para-hydroxylation sites is 1. The molecule has 1 amide bonds. The van der Waals surface area contributed by atoms with Crippen molar-refractivity contribution in [1.29, 1.82) is 0 Å². The summed E-state index contributed by atoms with van der Waals surface area (Å²) in [5.74, 6) is -0.226. The van der Waals surface area contributed by atoms with Crippen LogP contribution in [0.2, 0.25) is 5.02 Å². The van der Waals surface area contributed by atoms with E-state index in [4.69, 9.17) is 11.6 Å². The highest BCUT2D eigenvalue weighted by Crippen LogP contribution is 2.46. The number of hydrogen-bond acceptors (Lipinski definition) is 6. The van der Waals surface area contributed by atoms with Crippen LogP contribution in [0.5, 0.6) is 0 Å². The lowest BCUT2D eigenvalue weighted by molar-refractivity contribution is -0.112. The van der Waals surface area contributed by atoms with Crippen molar-refractivity contribution in [3.8, 4) is 0 Å². The third kappa shape index (κ3) is 3.21. The number of rotatable bonds is 2. The second-order valence-corrected chi connectivity index (χ2v) is 9.84. The number of aromatic nitrogens is 1. The van der Waals surface area contributed by atoms with Gasteiger partial charge in [-0.1, -0.05) is 41.6 Å². The maximum Gasteiger partial charge on any atom is 0.283 e. The van der Waals surface area contributed by atoms with Gasteiger partial charge in [-0.3, -0.25) is 14.2 Å². The van der Waals surface area contributed by atoms with E-state index in [0.29, 0.717) is 37.7 Å². The molecule has 0 saturated heterocycles. The third-order valence-electron chi connectivity index (χ3n) is 5.42. The summed E-state index contributed by atoms with van der Waals surface area (Å²) in [4.78, 5) is 29.8. The summed E-state index contributed by atoms with van der Waals surface area (Å²) in [5, 5.41) is 7.37. The monoisotopic (exact) mass is 482 g/mol. The highest BCUT2D eigenvalue weighted by molar-refractivity contribution is 8.08. The van der Waals surface area contributed by atoms with Crippen molar-refractivity contribution in [3.05, 3.63) is 73.1 Å². The SMILES string of the molecule is CCn1c(=O)/c(=C2/Sc3ccc(Cl)cc3N2C)s/c1=C1/C(=O)N(c2ccccc2)N=C1C. The molecular formula is C23H19ClN4O2S2. The Kier molecular flexibility index (Phi) is 5.23. The number of hydrogen-bond donors (Lipinski definition) is 0. The molecule has 5 rings (SSSR count). The average Bonchev–Trinajstić information content (AvgIpc) is 3.39. The lowest BCUT2D eigenvalue weighted by atomic mass is 10.2. The molecule has 0 fully saturated rings. The van der Waals surface area contributed by atoms with Crippen molar-refractivity contribution in [2.45, 2.75) is 25.3 Å². The first kappa shape index (κ1) is 21.1. The third-order valence-corrected chi connectivity index (χ3v) is 8.21. The molecule has 2 aliphatic heterocycles. The van der Waals surface area contributed by atoms with E-state index >= 15 is 0 Å². The van der Waals surface area contributed by atoms with E-state index in [1.807, 2.05) is 74.3 Å². The molecule has 0 bridgehead atoms. The van der Waals surface area contributed by atoms with Gasteiger partial charge in [0.2, 0.25) is 0 Å². The number of carbonyl (C=O) groups excluding carboxylic acids is 1. The van der Waals surface area contributed by atoms with Crippen LogP contribution >= 0.6 is 34.7 Å². The Bertz CT molecular complexity index is 1470. The van der Waals surface area contributed by atoms with Crippen molar-refractivity contribution in [2.24, 2.45) is 5.10 Å². The number of thiazole rings is 1. The maximum atomic E-state index is 13.4.